The molecule has 1 heterocycles. The second-order valence-corrected chi connectivity index (χ2v) is 7.67. The van der Waals surface area contributed by atoms with Crippen LogP contribution in [-0.4, -0.2) is 43.0 Å². The first-order valence-corrected chi connectivity index (χ1v) is 10.3. The summed E-state index contributed by atoms with van der Waals surface area (Å²) < 4.78 is 5.43. The summed E-state index contributed by atoms with van der Waals surface area (Å²) in [4.78, 5) is 27.3. The number of aryl methyl sites for hydroxylation is 1. The summed E-state index contributed by atoms with van der Waals surface area (Å²) in [5.41, 5.74) is 2.43. The number of hydrogen-bond acceptors (Lipinski definition) is 4. The maximum absolute atomic E-state index is 12.8. The van der Waals surface area contributed by atoms with Crippen LogP contribution in [0.4, 0.5) is 5.69 Å². The van der Waals surface area contributed by atoms with Gasteiger partial charge in [-0.15, -0.1) is 12.4 Å². The minimum absolute atomic E-state index is 0. The van der Waals surface area contributed by atoms with Gasteiger partial charge < -0.3 is 15.0 Å². The number of amides is 1. The van der Waals surface area contributed by atoms with E-state index in [0.717, 1.165) is 24.3 Å². The quantitative estimate of drug-likeness (QED) is 0.664. The third kappa shape index (κ3) is 5.83. The molecule has 1 amide bonds. The SMILES string of the molecule is CCOC(=O)C1(c2ccccc2)CCN(CCC(=O)Nc2ccc(C)cc2)CC1.Cl. The molecule has 2 aromatic carbocycles. The second kappa shape index (κ2) is 11.1. The zero-order valence-corrected chi connectivity index (χ0v) is 18.5. The highest BCUT2D eigenvalue weighted by atomic mass is 35.5. The van der Waals surface area contributed by atoms with Crippen molar-refractivity contribution in [1.82, 2.24) is 4.90 Å². The van der Waals surface area contributed by atoms with Gasteiger partial charge in [-0.05, 0) is 57.5 Å². The first-order valence-electron chi connectivity index (χ1n) is 10.3. The van der Waals surface area contributed by atoms with Crippen LogP contribution in [0.5, 0.6) is 0 Å². The van der Waals surface area contributed by atoms with E-state index in [2.05, 4.69) is 10.2 Å². The van der Waals surface area contributed by atoms with Crippen molar-refractivity contribution >= 4 is 30.0 Å². The van der Waals surface area contributed by atoms with Crippen LogP contribution in [0.2, 0.25) is 0 Å². The van der Waals surface area contributed by atoms with Crippen molar-refractivity contribution in [2.75, 3.05) is 31.6 Å². The molecule has 0 spiro atoms. The molecule has 162 valence electrons. The van der Waals surface area contributed by atoms with Crippen LogP contribution in [0.15, 0.2) is 54.6 Å². The summed E-state index contributed by atoms with van der Waals surface area (Å²) in [5, 5.41) is 2.95. The van der Waals surface area contributed by atoms with E-state index in [9.17, 15) is 9.59 Å². The van der Waals surface area contributed by atoms with E-state index >= 15 is 0 Å². The normalized spacial score (nSPS) is 15.7. The van der Waals surface area contributed by atoms with Crippen molar-refractivity contribution in [2.24, 2.45) is 0 Å². The molecular formula is C24H31ClN2O3. The third-order valence-electron chi connectivity index (χ3n) is 5.69. The molecule has 3 rings (SSSR count). The number of halogens is 1. The summed E-state index contributed by atoms with van der Waals surface area (Å²) in [6.45, 7) is 6.48. The molecule has 1 aliphatic rings. The highest BCUT2D eigenvalue weighted by molar-refractivity contribution is 5.90. The average molecular weight is 431 g/mol. The fourth-order valence-corrected chi connectivity index (χ4v) is 3.92. The van der Waals surface area contributed by atoms with Crippen molar-refractivity contribution in [2.45, 2.75) is 38.5 Å². The van der Waals surface area contributed by atoms with Gasteiger partial charge in [-0.25, -0.2) is 0 Å². The van der Waals surface area contributed by atoms with E-state index in [4.69, 9.17) is 4.74 Å². The number of carbonyl (C=O) groups is 2. The Morgan fingerprint density at radius 2 is 1.67 bits per heavy atom. The van der Waals surface area contributed by atoms with Crippen LogP contribution in [0.25, 0.3) is 0 Å². The van der Waals surface area contributed by atoms with Crippen molar-refractivity contribution in [3.8, 4) is 0 Å². The molecule has 0 unspecified atom stereocenters. The zero-order valence-electron chi connectivity index (χ0n) is 17.7. The first-order chi connectivity index (χ1) is 14.0. The van der Waals surface area contributed by atoms with E-state index in [1.165, 1.54) is 5.56 Å². The summed E-state index contributed by atoms with van der Waals surface area (Å²) in [7, 11) is 0. The van der Waals surface area contributed by atoms with Crippen LogP contribution in [0, 0.1) is 6.92 Å². The Bertz CT molecular complexity index is 816. The minimum Gasteiger partial charge on any atom is -0.465 e. The van der Waals surface area contributed by atoms with Crippen LogP contribution < -0.4 is 5.32 Å². The Morgan fingerprint density at radius 1 is 1.03 bits per heavy atom. The number of carbonyl (C=O) groups excluding carboxylic acids is 2. The largest absolute Gasteiger partial charge is 0.465 e. The van der Waals surface area contributed by atoms with E-state index in [0.29, 0.717) is 32.4 Å². The smallest absolute Gasteiger partial charge is 0.316 e. The van der Waals surface area contributed by atoms with E-state index in [1.54, 1.807) is 0 Å². The molecule has 0 bridgehead atoms. The van der Waals surface area contributed by atoms with Crippen molar-refractivity contribution in [3.63, 3.8) is 0 Å². The molecule has 30 heavy (non-hydrogen) atoms. The first kappa shape index (κ1) is 23.9. The fraction of sp³-hybridized carbons (Fsp3) is 0.417. The highest BCUT2D eigenvalue weighted by Gasteiger charge is 2.44. The molecule has 1 fully saturated rings. The molecule has 0 atom stereocenters. The maximum atomic E-state index is 12.8. The monoisotopic (exact) mass is 430 g/mol. The van der Waals surface area contributed by atoms with Gasteiger partial charge in [0.05, 0.1) is 12.0 Å². The summed E-state index contributed by atoms with van der Waals surface area (Å²) in [5.74, 6) is -0.123. The molecule has 1 N–H and O–H groups in total. The van der Waals surface area contributed by atoms with Gasteiger partial charge in [0, 0.05) is 18.7 Å². The number of ether oxygens (including phenoxy) is 1. The third-order valence-corrected chi connectivity index (χ3v) is 5.69. The van der Waals surface area contributed by atoms with E-state index in [-0.39, 0.29) is 24.3 Å². The predicted molar refractivity (Wildman–Crippen MR) is 122 cm³/mol. The minimum atomic E-state index is -0.585. The predicted octanol–water partition coefficient (Wildman–Crippen LogP) is 4.34. The molecule has 1 aliphatic heterocycles. The van der Waals surface area contributed by atoms with Crippen LogP contribution in [0.1, 0.15) is 37.3 Å². The molecule has 0 aliphatic carbocycles. The number of likely N-dealkylation sites (tertiary alicyclic amines) is 1. The van der Waals surface area contributed by atoms with E-state index < -0.39 is 5.41 Å². The van der Waals surface area contributed by atoms with Crippen LogP contribution in [-0.2, 0) is 19.7 Å². The lowest BCUT2D eigenvalue weighted by Crippen LogP contribution is -2.48. The number of esters is 1. The van der Waals surface area contributed by atoms with Crippen LogP contribution in [0.3, 0.4) is 0 Å². The number of anilines is 1. The molecule has 2 aromatic rings. The van der Waals surface area contributed by atoms with Crippen molar-refractivity contribution < 1.29 is 14.3 Å². The number of hydrogen-bond donors (Lipinski definition) is 1. The van der Waals surface area contributed by atoms with Gasteiger partial charge in [-0.3, -0.25) is 9.59 Å². The Balaban J connectivity index is 0.00000320. The lowest BCUT2D eigenvalue weighted by atomic mass is 9.72. The Kier molecular flexibility index (Phi) is 8.88. The van der Waals surface area contributed by atoms with Gasteiger partial charge in [0.1, 0.15) is 0 Å². The maximum Gasteiger partial charge on any atom is 0.316 e. The molecule has 0 saturated carbocycles. The second-order valence-electron chi connectivity index (χ2n) is 7.67. The summed E-state index contributed by atoms with van der Waals surface area (Å²) in [6, 6.07) is 17.7. The molecule has 6 heteroatoms. The zero-order chi connectivity index (χ0) is 20.7. The standard InChI is InChI=1S/C24H30N2O3.ClH/c1-3-29-23(28)24(20-7-5-4-6-8-20)14-17-26(18-15-24)16-13-22(27)25-21-11-9-19(2)10-12-21;/h4-12H,3,13-18H2,1-2H3,(H,25,27);1H. The molecule has 5 nitrogen and oxygen atoms in total. The molecular weight excluding hydrogens is 400 g/mol. The van der Waals surface area contributed by atoms with Crippen molar-refractivity contribution in [1.29, 1.82) is 0 Å². The van der Waals surface area contributed by atoms with E-state index in [1.807, 2.05) is 68.4 Å². The fourth-order valence-electron chi connectivity index (χ4n) is 3.92. The topological polar surface area (TPSA) is 58.6 Å². The number of piperidine rings is 1. The highest BCUT2D eigenvalue weighted by Crippen LogP contribution is 2.37. The Morgan fingerprint density at radius 3 is 2.27 bits per heavy atom. The van der Waals surface area contributed by atoms with Crippen molar-refractivity contribution in [3.05, 3.63) is 65.7 Å². The lowest BCUT2D eigenvalue weighted by molar-refractivity contribution is -0.152. The molecule has 0 radical (unpaired) electrons. The average Bonchev–Trinajstić information content (AvgIpc) is 2.75. The number of nitrogens with one attached hydrogen (secondary N) is 1. The van der Waals surface area contributed by atoms with Gasteiger partial charge in [-0.2, -0.15) is 0 Å². The molecule has 0 aromatic heterocycles. The van der Waals surface area contributed by atoms with Gasteiger partial charge in [-0.1, -0.05) is 48.0 Å². The lowest BCUT2D eigenvalue weighted by Gasteiger charge is -2.40. The van der Waals surface area contributed by atoms with Gasteiger partial charge in [0.15, 0.2) is 0 Å². The van der Waals surface area contributed by atoms with Gasteiger partial charge in [0.2, 0.25) is 5.91 Å². The summed E-state index contributed by atoms with van der Waals surface area (Å²) >= 11 is 0. The number of benzene rings is 2. The van der Waals surface area contributed by atoms with Gasteiger partial charge in [0.25, 0.3) is 0 Å². The summed E-state index contributed by atoms with van der Waals surface area (Å²) in [6.07, 6.45) is 1.84. The Labute approximate surface area is 185 Å². The van der Waals surface area contributed by atoms with Crippen LogP contribution >= 0.6 is 12.4 Å². The van der Waals surface area contributed by atoms with Gasteiger partial charge >= 0.3 is 5.97 Å². The molecule has 1 saturated heterocycles. The number of rotatable bonds is 7. The Hall–Kier alpha value is -2.37. The number of nitrogens with zero attached hydrogens (tertiary/aromatic N) is 1.